The van der Waals surface area contributed by atoms with Gasteiger partial charge in [0, 0.05) is 12.8 Å². The number of unbranched alkanes of at least 4 members (excludes halogenated alkanes) is 9. The molecule has 0 aliphatic carbocycles. The number of hydrogen-bond donors (Lipinski definition) is 3. The molecule has 4 N–H and O–H groups in total. The number of aliphatic carboxylic acids is 1. The van der Waals surface area contributed by atoms with Gasteiger partial charge in [-0.2, -0.15) is 0 Å². The molecule has 1 unspecified atom stereocenters. The van der Waals surface area contributed by atoms with Crippen LogP contribution in [0.15, 0.2) is 85.1 Å². The van der Waals surface area contributed by atoms with Gasteiger partial charge < -0.3 is 25.2 Å². The highest BCUT2D eigenvalue weighted by Crippen LogP contribution is 2.43. The van der Waals surface area contributed by atoms with E-state index in [1.807, 2.05) is 0 Å². The van der Waals surface area contributed by atoms with Gasteiger partial charge >= 0.3 is 25.7 Å². The summed E-state index contributed by atoms with van der Waals surface area (Å²) in [4.78, 5) is 45.9. The van der Waals surface area contributed by atoms with Crippen LogP contribution in [0, 0.1) is 0 Å². The average Bonchev–Trinajstić information content (AvgIpc) is 3.17. The molecule has 0 bridgehead atoms. The molecule has 0 aromatic rings. The van der Waals surface area contributed by atoms with E-state index in [4.69, 9.17) is 24.8 Å². The largest absolute Gasteiger partial charge is 0.480 e. The molecular weight excluding hydrogens is 733 g/mol. The van der Waals surface area contributed by atoms with Gasteiger partial charge in [0.05, 0.1) is 13.2 Å². The van der Waals surface area contributed by atoms with Crippen molar-refractivity contribution in [2.75, 3.05) is 19.8 Å². The Balaban J connectivity index is 4.54. The molecule has 0 aromatic carbocycles. The van der Waals surface area contributed by atoms with Gasteiger partial charge in [0.2, 0.25) is 0 Å². The molecular formula is C44H72NO10P. The Morgan fingerprint density at radius 3 is 1.48 bits per heavy atom. The van der Waals surface area contributed by atoms with Crippen molar-refractivity contribution in [3.63, 3.8) is 0 Å². The first-order valence-corrected chi connectivity index (χ1v) is 22.1. The van der Waals surface area contributed by atoms with Crippen LogP contribution < -0.4 is 5.73 Å². The van der Waals surface area contributed by atoms with Crippen molar-refractivity contribution in [3.8, 4) is 0 Å². The summed E-state index contributed by atoms with van der Waals surface area (Å²) in [7, 11) is -4.74. The maximum Gasteiger partial charge on any atom is 0.472 e. The van der Waals surface area contributed by atoms with Crippen molar-refractivity contribution < 1.29 is 47.5 Å². The van der Waals surface area contributed by atoms with Crippen LogP contribution in [0.1, 0.15) is 142 Å². The molecule has 0 aromatic heterocycles. The summed E-state index contributed by atoms with van der Waals surface area (Å²) < 4.78 is 32.6. The first-order valence-electron chi connectivity index (χ1n) is 20.6. The van der Waals surface area contributed by atoms with Gasteiger partial charge in [-0.1, -0.05) is 125 Å². The molecule has 0 radical (unpaired) electrons. The molecule has 0 saturated carbocycles. The molecule has 0 saturated heterocycles. The van der Waals surface area contributed by atoms with Crippen LogP contribution in [0.5, 0.6) is 0 Å². The van der Waals surface area contributed by atoms with Gasteiger partial charge in [-0.05, 0) is 89.9 Å². The summed E-state index contributed by atoms with van der Waals surface area (Å²) in [5.41, 5.74) is 5.32. The molecule has 56 heavy (non-hydrogen) atoms. The molecule has 0 rings (SSSR count). The first kappa shape index (κ1) is 52.7. The van der Waals surface area contributed by atoms with Crippen LogP contribution >= 0.6 is 7.82 Å². The number of hydrogen-bond acceptors (Lipinski definition) is 9. The van der Waals surface area contributed by atoms with Crippen molar-refractivity contribution in [2.24, 2.45) is 5.73 Å². The first-order chi connectivity index (χ1) is 27.1. The minimum Gasteiger partial charge on any atom is -0.480 e. The standard InChI is InChI=1S/C44H72NO10P/c1-3-5-7-9-11-13-15-17-19-20-22-23-25-27-29-31-33-35-42(46)52-37-40(38-53-56(50,51)54-39-41(45)44(48)49)55-43(47)36-34-32-30-28-26-24-21-18-16-14-12-10-8-6-4-2/h7,9,12-15,18-21,23,25-26,28,40-41H,3-6,8,10-11,16-17,22,24,27,29-39,45H2,1-2H3,(H,48,49)(H,50,51)/b9-7+,14-12+,15-13+,20-19+,21-18+,25-23+,28-26+/t40-,41+/m1/s1. The molecule has 11 nitrogen and oxygen atoms in total. The Morgan fingerprint density at radius 1 is 0.554 bits per heavy atom. The highest BCUT2D eigenvalue weighted by molar-refractivity contribution is 7.47. The number of nitrogens with two attached hydrogens (primary N) is 1. The van der Waals surface area contributed by atoms with Crippen LogP contribution in [0.25, 0.3) is 0 Å². The summed E-state index contributed by atoms with van der Waals surface area (Å²) in [6, 6.07) is -1.54. The zero-order valence-electron chi connectivity index (χ0n) is 34.2. The van der Waals surface area contributed by atoms with E-state index in [-0.39, 0.29) is 19.4 Å². The Labute approximate surface area is 337 Å². The summed E-state index contributed by atoms with van der Waals surface area (Å²) in [5.74, 6) is -2.48. The number of rotatable bonds is 37. The Hall–Kier alpha value is -3.34. The lowest BCUT2D eigenvalue weighted by molar-refractivity contribution is -0.161. The number of carboxylic acids is 1. The van der Waals surface area contributed by atoms with Crippen LogP contribution in [0.3, 0.4) is 0 Å². The topological polar surface area (TPSA) is 172 Å². The Bertz CT molecular complexity index is 1270. The van der Waals surface area contributed by atoms with Crippen molar-refractivity contribution in [1.29, 1.82) is 0 Å². The zero-order valence-corrected chi connectivity index (χ0v) is 35.1. The lowest BCUT2D eigenvalue weighted by Crippen LogP contribution is -2.34. The fraction of sp³-hybridized carbons (Fsp3) is 0.614. The maximum atomic E-state index is 12.6. The average molecular weight is 806 g/mol. The van der Waals surface area contributed by atoms with E-state index in [1.54, 1.807) is 0 Å². The minimum atomic E-state index is -4.74. The van der Waals surface area contributed by atoms with Gasteiger partial charge in [0.25, 0.3) is 0 Å². The predicted molar refractivity (Wildman–Crippen MR) is 226 cm³/mol. The predicted octanol–water partition coefficient (Wildman–Crippen LogP) is 10.7. The van der Waals surface area contributed by atoms with Gasteiger partial charge in [-0.15, -0.1) is 0 Å². The lowest BCUT2D eigenvalue weighted by atomic mass is 10.1. The summed E-state index contributed by atoms with van der Waals surface area (Å²) in [5, 5.41) is 8.88. The van der Waals surface area contributed by atoms with E-state index in [0.29, 0.717) is 12.8 Å². The van der Waals surface area contributed by atoms with E-state index < -0.39 is 51.1 Å². The second-order valence-electron chi connectivity index (χ2n) is 13.4. The lowest BCUT2D eigenvalue weighted by Gasteiger charge is -2.20. The monoisotopic (exact) mass is 805 g/mol. The Morgan fingerprint density at radius 2 is 0.982 bits per heavy atom. The molecule has 0 aliphatic heterocycles. The van der Waals surface area contributed by atoms with Gasteiger partial charge in [-0.25, -0.2) is 4.57 Å². The van der Waals surface area contributed by atoms with E-state index in [0.717, 1.165) is 77.0 Å². The number of carbonyl (C=O) groups is 3. The van der Waals surface area contributed by atoms with Gasteiger partial charge in [-0.3, -0.25) is 23.4 Å². The Kier molecular flexibility index (Phi) is 36.2. The smallest absolute Gasteiger partial charge is 0.472 e. The van der Waals surface area contributed by atoms with Gasteiger partial charge in [0.15, 0.2) is 6.10 Å². The van der Waals surface area contributed by atoms with Crippen LogP contribution in [0.4, 0.5) is 0 Å². The molecule has 0 aliphatic rings. The number of phosphoric acid groups is 1. The van der Waals surface area contributed by atoms with E-state index in [1.165, 1.54) is 25.7 Å². The summed E-state index contributed by atoms with van der Waals surface area (Å²) in [6.45, 7) is 2.60. The third kappa shape index (κ3) is 37.6. The normalized spacial score (nSPS) is 14.6. The zero-order chi connectivity index (χ0) is 41.4. The van der Waals surface area contributed by atoms with E-state index >= 15 is 0 Å². The third-order valence-electron chi connectivity index (χ3n) is 8.10. The quantitative estimate of drug-likeness (QED) is 0.0236. The maximum absolute atomic E-state index is 12.6. The van der Waals surface area contributed by atoms with Crippen molar-refractivity contribution in [3.05, 3.63) is 85.1 Å². The van der Waals surface area contributed by atoms with Gasteiger partial charge in [0.1, 0.15) is 12.6 Å². The highest BCUT2D eigenvalue weighted by Gasteiger charge is 2.28. The van der Waals surface area contributed by atoms with Crippen molar-refractivity contribution >= 4 is 25.7 Å². The molecule has 0 fully saturated rings. The number of carbonyl (C=O) groups excluding carboxylic acids is 2. The third-order valence-corrected chi connectivity index (χ3v) is 9.05. The number of ether oxygens (including phenoxy) is 2. The molecule has 0 heterocycles. The van der Waals surface area contributed by atoms with E-state index in [2.05, 4.69) is 103 Å². The summed E-state index contributed by atoms with van der Waals surface area (Å²) in [6.07, 6.45) is 46.5. The number of phosphoric ester groups is 1. The second-order valence-corrected chi connectivity index (χ2v) is 14.9. The number of allylic oxidation sites excluding steroid dienone is 14. The van der Waals surface area contributed by atoms with Crippen LogP contribution in [-0.2, 0) is 37.5 Å². The minimum absolute atomic E-state index is 0.100. The summed E-state index contributed by atoms with van der Waals surface area (Å²) >= 11 is 0. The fourth-order valence-corrected chi connectivity index (χ4v) is 5.60. The number of carboxylic acid groups (broad SMARTS) is 1. The van der Waals surface area contributed by atoms with Crippen LogP contribution in [0.2, 0.25) is 0 Å². The van der Waals surface area contributed by atoms with Crippen LogP contribution in [-0.4, -0.2) is 59.9 Å². The molecule has 0 spiro atoms. The SMILES string of the molecule is CCC/C=C/C/C=C/C/C=C/C/C=C/CCCCCC(=O)OC[C@H](COP(=O)(O)OC[C@H](N)C(=O)O)OC(=O)CCCC/C=C/C/C=C/C/C=C/CCCCC. The molecule has 0 amide bonds. The highest BCUT2D eigenvalue weighted by atomic mass is 31.2. The van der Waals surface area contributed by atoms with Crippen molar-refractivity contribution in [2.45, 2.75) is 154 Å². The van der Waals surface area contributed by atoms with E-state index in [9.17, 15) is 23.8 Å². The van der Waals surface area contributed by atoms with Crippen molar-refractivity contribution in [1.82, 2.24) is 0 Å². The fourth-order valence-electron chi connectivity index (χ4n) is 4.82. The second kappa shape index (κ2) is 38.5. The number of esters is 2. The molecule has 12 heteroatoms. The molecule has 3 atom stereocenters. The molecule has 318 valence electrons.